The Morgan fingerprint density at radius 1 is 1.18 bits per heavy atom. The van der Waals surface area contributed by atoms with Crippen LogP contribution in [0.3, 0.4) is 0 Å². The van der Waals surface area contributed by atoms with Crippen molar-refractivity contribution in [1.82, 2.24) is 0 Å². The third-order valence-corrected chi connectivity index (χ3v) is 4.08. The molecule has 0 aromatic heterocycles. The van der Waals surface area contributed by atoms with Crippen molar-refractivity contribution in [2.45, 2.75) is 44.4 Å². The third-order valence-electron chi connectivity index (χ3n) is 3.22. The number of hydrogen-bond donors (Lipinski definition) is 1. The van der Waals surface area contributed by atoms with Crippen LogP contribution in [0, 0.1) is 0 Å². The maximum Gasteiger partial charge on any atom is 0.0735 e. The first-order chi connectivity index (χ1) is 8.16. The minimum absolute atomic E-state index is 0.310. The van der Waals surface area contributed by atoms with Crippen LogP contribution >= 0.6 is 23.2 Å². The van der Waals surface area contributed by atoms with Gasteiger partial charge >= 0.3 is 0 Å². The molecule has 0 aliphatic heterocycles. The maximum absolute atomic E-state index is 6.10. The van der Waals surface area contributed by atoms with Crippen molar-refractivity contribution in [3.05, 3.63) is 33.8 Å². The van der Waals surface area contributed by atoms with Gasteiger partial charge in [-0.2, -0.15) is 0 Å². The van der Waals surface area contributed by atoms with E-state index in [4.69, 9.17) is 33.7 Å². The molecule has 1 aromatic carbocycles. The Morgan fingerprint density at radius 3 is 2.59 bits per heavy atom. The topological polar surface area (TPSA) is 35.2 Å². The van der Waals surface area contributed by atoms with Gasteiger partial charge in [-0.05, 0) is 37.3 Å². The highest BCUT2D eigenvalue weighted by Crippen LogP contribution is 2.27. The lowest BCUT2D eigenvalue weighted by Crippen LogP contribution is -2.30. The standard InChI is InChI=1S/C13H17Cl2NO/c14-12-3-1-2-9(13(12)15)8-17-11-6-4-10(16)5-7-11/h1-3,10-11H,4-8,16H2. The van der Waals surface area contributed by atoms with Gasteiger partial charge in [-0.3, -0.25) is 0 Å². The van der Waals surface area contributed by atoms with Crippen molar-refractivity contribution in [2.24, 2.45) is 5.73 Å². The fourth-order valence-corrected chi connectivity index (χ4v) is 2.50. The Labute approximate surface area is 112 Å². The zero-order chi connectivity index (χ0) is 12.3. The van der Waals surface area contributed by atoms with Gasteiger partial charge in [0.05, 0.1) is 22.8 Å². The second-order valence-electron chi connectivity index (χ2n) is 4.56. The molecule has 17 heavy (non-hydrogen) atoms. The highest BCUT2D eigenvalue weighted by atomic mass is 35.5. The van der Waals surface area contributed by atoms with Crippen LogP contribution in [0.25, 0.3) is 0 Å². The SMILES string of the molecule is NC1CCC(OCc2cccc(Cl)c2Cl)CC1. The van der Waals surface area contributed by atoms with Gasteiger partial charge in [0.1, 0.15) is 0 Å². The number of halogens is 2. The van der Waals surface area contributed by atoms with Crippen molar-refractivity contribution in [2.75, 3.05) is 0 Å². The molecular formula is C13H17Cl2NO. The van der Waals surface area contributed by atoms with Crippen LogP contribution in [0.5, 0.6) is 0 Å². The van der Waals surface area contributed by atoms with Gasteiger partial charge in [0.25, 0.3) is 0 Å². The van der Waals surface area contributed by atoms with E-state index in [0.717, 1.165) is 31.2 Å². The van der Waals surface area contributed by atoms with E-state index in [1.165, 1.54) is 0 Å². The quantitative estimate of drug-likeness (QED) is 0.910. The van der Waals surface area contributed by atoms with E-state index >= 15 is 0 Å². The largest absolute Gasteiger partial charge is 0.373 e. The van der Waals surface area contributed by atoms with E-state index < -0.39 is 0 Å². The number of rotatable bonds is 3. The number of hydrogen-bond acceptors (Lipinski definition) is 2. The van der Waals surface area contributed by atoms with Crippen LogP contribution in [0.4, 0.5) is 0 Å². The van der Waals surface area contributed by atoms with Crippen LogP contribution in [0.2, 0.25) is 10.0 Å². The molecule has 94 valence electrons. The van der Waals surface area contributed by atoms with Crippen LogP contribution in [0.1, 0.15) is 31.2 Å². The Hall–Kier alpha value is -0.280. The normalized spacial score (nSPS) is 24.9. The van der Waals surface area contributed by atoms with Crippen LogP contribution < -0.4 is 5.73 Å². The van der Waals surface area contributed by atoms with Gasteiger partial charge in [-0.1, -0.05) is 35.3 Å². The minimum Gasteiger partial charge on any atom is -0.373 e. The summed E-state index contributed by atoms with van der Waals surface area (Å²) in [7, 11) is 0. The van der Waals surface area contributed by atoms with Crippen LogP contribution in [-0.2, 0) is 11.3 Å². The fourth-order valence-electron chi connectivity index (χ4n) is 2.12. The molecule has 0 unspecified atom stereocenters. The number of ether oxygens (including phenoxy) is 1. The molecule has 0 bridgehead atoms. The lowest BCUT2D eigenvalue weighted by atomic mass is 9.94. The summed E-state index contributed by atoms with van der Waals surface area (Å²) in [4.78, 5) is 0. The Kier molecular flexibility index (Phi) is 4.69. The zero-order valence-electron chi connectivity index (χ0n) is 9.66. The molecular weight excluding hydrogens is 257 g/mol. The Balaban J connectivity index is 1.87. The summed E-state index contributed by atoms with van der Waals surface area (Å²) < 4.78 is 5.85. The Morgan fingerprint density at radius 2 is 1.88 bits per heavy atom. The van der Waals surface area contributed by atoms with Gasteiger partial charge in [0.15, 0.2) is 0 Å². The van der Waals surface area contributed by atoms with Crippen molar-refractivity contribution < 1.29 is 4.74 Å². The number of benzene rings is 1. The molecule has 4 heteroatoms. The lowest BCUT2D eigenvalue weighted by molar-refractivity contribution is 0.0138. The smallest absolute Gasteiger partial charge is 0.0735 e. The summed E-state index contributed by atoms with van der Waals surface area (Å²) in [6.07, 6.45) is 4.49. The van der Waals surface area contributed by atoms with Gasteiger partial charge in [-0.15, -0.1) is 0 Å². The summed E-state index contributed by atoms with van der Waals surface area (Å²) in [6.45, 7) is 0.527. The molecule has 1 fully saturated rings. The highest BCUT2D eigenvalue weighted by molar-refractivity contribution is 6.42. The van der Waals surface area contributed by atoms with Crippen molar-refractivity contribution in [3.8, 4) is 0 Å². The van der Waals surface area contributed by atoms with E-state index in [2.05, 4.69) is 0 Å². The predicted octanol–water partition coefficient (Wildman–Crippen LogP) is 3.78. The first-order valence-corrected chi connectivity index (χ1v) is 6.72. The second kappa shape index (κ2) is 6.05. The van der Waals surface area contributed by atoms with Crippen molar-refractivity contribution >= 4 is 23.2 Å². The molecule has 1 saturated carbocycles. The molecule has 0 radical (unpaired) electrons. The van der Waals surface area contributed by atoms with E-state index in [9.17, 15) is 0 Å². The van der Waals surface area contributed by atoms with Gasteiger partial charge in [0, 0.05) is 6.04 Å². The van der Waals surface area contributed by atoms with Crippen LogP contribution in [0.15, 0.2) is 18.2 Å². The maximum atomic E-state index is 6.10. The summed E-state index contributed by atoms with van der Waals surface area (Å²) in [6, 6.07) is 5.98. The molecule has 0 spiro atoms. The molecule has 0 atom stereocenters. The first-order valence-electron chi connectivity index (χ1n) is 5.97. The van der Waals surface area contributed by atoms with Crippen molar-refractivity contribution in [3.63, 3.8) is 0 Å². The minimum atomic E-state index is 0.310. The molecule has 2 N–H and O–H groups in total. The average molecular weight is 274 g/mol. The lowest BCUT2D eigenvalue weighted by Gasteiger charge is -2.26. The first kappa shape index (κ1) is 13.2. The van der Waals surface area contributed by atoms with E-state index in [1.807, 2.05) is 12.1 Å². The van der Waals surface area contributed by atoms with E-state index in [0.29, 0.717) is 28.8 Å². The van der Waals surface area contributed by atoms with E-state index in [-0.39, 0.29) is 0 Å². The molecule has 1 aliphatic rings. The Bertz CT molecular complexity index is 376. The summed E-state index contributed by atoms with van der Waals surface area (Å²) >= 11 is 12.1. The van der Waals surface area contributed by atoms with E-state index in [1.54, 1.807) is 6.07 Å². The molecule has 2 nitrogen and oxygen atoms in total. The van der Waals surface area contributed by atoms with Gasteiger partial charge in [-0.25, -0.2) is 0 Å². The highest BCUT2D eigenvalue weighted by Gasteiger charge is 2.19. The number of nitrogens with two attached hydrogens (primary N) is 1. The average Bonchev–Trinajstić information content (AvgIpc) is 2.33. The molecule has 0 saturated heterocycles. The summed E-state index contributed by atoms with van der Waals surface area (Å²) in [5.41, 5.74) is 6.81. The van der Waals surface area contributed by atoms with Crippen molar-refractivity contribution in [1.29, 1.82) is 0 Å². The molecule has 0 amide bonds. The molecule has 2 rings (SSSR count). The molecule has 1 aliphatic carbocycles. The third kappa shape index (κ3) is 3.59. The van der Waals surface area contributed by atoms with Gasteiger partial charge in [0.2, 0.25) is 0 Å². The predicted molar refractivity (Wildman–Crippen MR) is 71.5 cm³/mol. The monoisotopic (exact) mass is 273 g/mol. The second-order valence-corrected chi connectivity index (χ2v) is 5.35. The molecule has 1 aromatic rings. The van der Waals surface area contributed by atoms with Crippen LogP contribution in [-0.4, -0.2) is 12.1 Å². The summed E-state index contributed by atoms with van der Waals surface area (Å²) in [5.74, 6) is 0. The summed E-state index contributed by atoms with van der Waals surface area (Å²) in [5, 5.41) is 1.18. The van der Waals surface area contributed by atoms with Gasteiger partial charge < -0.3 is 10.5 Å². The molecule has 0 heterocycles. The zero-order valence-corrected chi connectivity index (χ0v) is 11.2. The fraction of sp³-hybridized carbons (Fsp3) is 0.538.